The Balaban J connectivity index is 3.10. The first kappa shape index (κ1) is 10.8. The van der Waals surface area contributed by atoms with Crippen molar-refractivity contribution in [1.82, 2.24) is 0 Å². The molecular weight excluding hydrogens is 190 g/mol. The van der Waals surface area contributed by atoms with Crippen LogP contribution in [0, 0.1) is 12.7 Å². The van der Waals surface area contributed by atoms with Gasteiger partial charge in [0.25, 0.3) is 0 Å². The molecular formula is C8H10BFO4. The molecule has 0 aliphatic carbocycles. The van der Waals surface area contributed by atoms with E-state index in [1.807, 2.05) is 0 Å². The molecule has 4 nitrogen and oxygen atoms in total. The van der Waals surface area contributed by atoms with Gasteiger partial charge >= 0.3 is 7.32 Å². The average Bonchev–Trinajstić information content (AvgIpc) is 2.11. The molecule has 1 rings (SSSR count). The standard InChI is InChI=1S/C8H10BFO4/c1-5-6(10)3-4-7(8(5)13-2)14-9(11)12/h3-4,11-12H,1-2H3. The molecule has 14 heavy (non-hydrogen) atoms. The highest BCUT2D eigenvalue weighted by molar-refractivity contribution is 6.33. The van der Waals surface area contributed by atoms with E-state index >= 15 is 0 Å². The van der Waals surface area contributed by atoms with Crippen LogP contribution in [-0.2, 0) is 0 Å². The SMILES string of the molecule is COc1c(OB(O)O)ccc(F)c1C. The maximum absolute atomic E-state index is 13.0. The third-order valence-corrected chi connectivity index (χ3v) is 1.74. The van der Waals surface area contributed by atoms with Gasteiger partial charge in [0.2, 0.25) is 0 Å². The second kappa shape index (κ2) is 4.30. The topological polar surface area (TPSA) is 58.9 Å². The van der Waals surface area contributed by atoms with E-state index in [0.717, 1.165) is 6.07 Å². The average molecular weight is 200 g/mol. The number of rotatable bonds is 3. The number of methoxy groups -OCH3 is 1. The van der Waals surface area contributed by atoms with Crippen molar-refractivity contribution < 1.29 is 23.8 Å². The highest BCUT2D eigenvalue weighted by Gasteiger charge is 2.17. The summed E-state index contributed by atoms with van der Waals surface area (Å²) in [4.78, 5) is 0. The molecule has 0 heterocycles. The minimum absolute atomic E-state index is 0.0846. The second-order valence-electron chi connectivity index (χ2n) is 2.65. The minimum Gasteiger partial charge on any atom is -0.509 e. The molecule has 0 saturated carbocycles. The Hall–Kier alpha value is -1.27. The lowest BCUT2D eigenvalue weighted by Gasteiger charge is -2.12. The van der Waals surface area contributed by atoms with Gasteiger partial charge in [-0.2, -0.15) is 0 Å². The van der Waals surface area contributed by atoms with Gasteiger partial charge in [0.15, 0.2) is 5.75 Å². The Bertz CT molecular complexity index is 329. The fourth-order valence-corrected chi connectivity index (χ4v) is 1.10. The van der Waals surface area contributed by atoms with Gasteiger partial charge in [0, 0.05) is 5.56 Å². The Kier molecular flexibility index (Phi) is 3.32. The van der Waals surface area contributed by atoms with E-state index in [1.54, 1.807) is 0 Å². The minimum atomic E-state index is -1.95. The van der Waals surface area contributed by atoms with Crippen molar-refractivity contribution in [2.75, 3.05) is 7.11 Å². The van der Waals surface area contributed by atoms with Crippen molar-refractivity contribution in [2.45, 2.75) is 6.92 Å². The van der Waals surface area contributed by atoms with E-state index in [2.05, 4.69) is 4.65 Å². The lowest BCUT2D eigenvalue weighted by Crippen LogP contribution is -2.21. The van der Waals surface area contributed by atoms with Crippen molar-refractivity contribution in [1.29, 1.82) is 0 Å². The molecule has 0 spiro atoms. The van der Waals surface area contributed by atoms with E-state index in [4.69, 9.17) is 14.8 Å². The first-order chi connectivity index (χ1) is 6.56. The van der Waals surface area contributed by atoms with Crippen LogP contribution in [-0.4, -0.2) is 24.5 Å². The predicted octanol–water partition coefficient (Wildman–Crippen LogP) is 0.491. The van der Waals surface area contributed by atoms with Gasteiger partial charge in [0.05, 0.1) is 7.11 Å². The van der Waals surface area contributed by atoms with E-state index in [1.165, 1.54) is 20.1 Å². The number of ether oxygens (including phenoxy) is 1. The summed E-state index contributed by atoms with van der Waals surface area (Å²) in [5, 5.41) is 17.1. The molecule has 2 N–H and O–H groups in total. The van der Waals surface area contributed by atoms with Gasteiger partial charge in [0.1, 0.15) is 11.6 Å². The summed E-state index contributed by atoms with van der Waals surface area (Å²) >= 11 is 0. The fraction of sp³-hybridized carbons (Fsp3) is 0.250. The molecule has 0 aliphatic heterocycles. The molecule has 0 fully saturated rings. The number of hydrogen-bond donors (Lipinski definition) is 2. The summed E-state index contributed by atoms with van der Waals surface area (Å²) in [5.74, 6) is -0.207. The molecule has 0 bridgehead atoms. The summed E-state index contributed by atoms with van der Waals surface area (Å²) in [6.07, 6.45) is 0. The highest BCUT2D eigenvalue weighted by Crippen LogP contribution is 2.32. The Morgan fingerprint density at radius 1 is 1.36 bits per heavy atom. The summed E-state index contributed by atoms with van der Waals surface area (Å²) in [7, 11) is -0.605. The van der Waals surface area contributed by atoms with Crippen LogP contribution in [0.2, 0.25) is 0 Å². The molecule has 0 unspecified atom stereocenters. The molecule has 0 aromatic heterocycles. The van der Waals surface area contributed by atoms with Crippen LogP contribution >= 0.6 is 0 Å². The third-order valence-electron chi connectivity index (χ3n) is 1.74. The predicted molar refractivity (Wildman–Crippen MR) is 48.5 cm³/mol. The summed E-state index contributed by atoms with van der Waals surface area (Å²) in [5.41, 5.74) is 0.255. The largest absolute Gasteiger partial charge is 0.707 e. The number of hydrogen-bond acceptors (Lipinski definition) is 4. The number of halogens is 1. The smallest absolute Gasteiger partial charge is 0.509 e. The van der Waals surface area contributed by atoms with Crippen LogP contribution in [0.3, 0.4) is 0 Å². The normalized spacial score (nSPS) is 9.79. The molecule has 6 heteroatoms. The molecule has 0 atom stereocenters. The summed E-state index contributed by atoms with van der Waals surface area (Å²) in [6, 6.07) is 2.43. The van der Waals surface area contributed by atoms with Crippen molar-refractivity contribution >= 4 is 7.32 Å². The second-order valence-corrected chi connectivity index (χ2v) is 2.65. The third kappa shape index (κ3) is 2.15. The van der Waals surface area contributed by atoms with Gasteiger partial charge in [-0.15, -0.1) is 0 Å². The van der Waals surface area contributed by atoms with Crippen molar-refractivity contribution in [3.05, 3.63) is 23.5 Å². The fourth-order valence-electron chi connectivity index (χ4n) is 1.10. The molecule has 0 saturated heterocycles. The van der Waals surface area contributed by atoms with Gasteiger partial charge < -0.3 is 19.4 Å². The molecule has 1 aromatic carbocycles. The van der Waals surface area contributed by atoms with E-state index in [9.17, 15) is 4.39 Å². The highest BCUT2D eigenvalue weighted by atomic mass is 19.1. The lowest BCUT2D eigenvalue weighted by atomic mass is 10.1. The molecule has 76 valence electrons. The molecule has 1 aromatic rings. The van der Waals surface area contributed by atoms with E-state index < -0.39 is 13.1 Å². The van der Waals surface area contributed by atoms with Gasteiger partial charge in [-0.25, -0.2) is 4.39 Å². The van der Waals surface area contributed by atoms with Crippen LogP contribution < -0.4 is 9.39 Å². The van der Waals surface area contributed by atoms with Crippen LogP contribution in [0.5, 0.6) is 11.5 Å². The molecule has 0 radical (unpaired) electrons. The Labute approximate surface area is 81.1 Å². The number of benzene rings is 1. The van der Waals surface area contributed by atoms with Crippen LogP contribution in [0.4, 0.5) is 4.39 Å². The summed E-state index contributed by atoms with van der Waals surface area (Å²) < 4.78 is 22.5. The maximum atomic E-state index is 13.0. The Morgan fingerprint density at radius 2 is 2.00 bits per heavy atom. The first-order valence-electron chi connectivity index (χ1n) is 3.92. The zero-order valence-corrected chi connectivity index (χ0v) is 7.82. The van der Waals surface area contributed by atoms with Crippen molar-refractivity contribution in [3.63, 3.8) is 0 Å². The van der Waals surface area contributed by atoms with Crippen LogP contribution in [0.15, 0.2) is 12.1 Å². The molecule has 0 amide bonds. The Morgan fingerprint density at radius 3 is 2.50 bits per heavy atom. The van der Waals surface area contributed by atoms with E-state index in [-0.39, 0.29) is 17.1 Å². The van der Waals surface area contributed by atoms with Crippen molar-refractivity contribution in [2.24, 2.45) is 0 Å². The lowest BCUT2D eigenvalue weighted by molar-refractivity contribution is 0.278. The summed E-state index contributed by atoms with van der Waals surface area (Å²) in [6.45, 7) is 1.50. The van der Waals surface area contributed by atoms with Crippen LogP contribution in [0.25, 0.3) is 0 Å². The van der Waals surface area contributed by atoms with Crippen LogP contribution in [0.1, 0.15) is 5.56 Å². The first-order valence-corrected chi connectivity index (χ1v) is 3.92. The van der Waals surface area contributed by atoms with Gasteiger partial charge in [-0.3, -0.25) is 0 Å². The zero-order valence-electron chi connectivity index (χ0n) is 7.82. The maximum Gasteiger partial charge on any atom is 0.707 e. The van der Waals surface area contributed by atoms with Crippen molar-refractivity contribution in [3.8, 4) is 11.5 Å². The van der Waals surface area contributed by atoms with E-state index in [0.29, 0.717) is 0 Å². The molecule has 0 aliphatic rings. The van der Waals surface area contributed by atoms with Gasteiger partial charge in [-0.05, 0) is 19.1 Å². The zero-order chi connectivity index (χ0) is 10.7. The monoisotopic (exact) mass is 200 g/mol. The quantitative estimate of drug-likeness (QED) is 0.697. The van der Waals surface area contributed by atoms with Gasteiger partial charge in [-0.1, -0.05) is 0 Å².